The number of nitrogens with zero attached hydrogens (tertiary/aromatic N) is 2. The Kier molecular flexibility index (Phi) is 5.60. The second-order valence-electron chi connectivity index (χ2n) is 6.51. The van der Waals surface area contributed by atoms with E-state index in [2.05, 4.69) is 23.2 Å². The molecule has 2 atom stereocenters. The van der Waals surface area contributed by atoms with Crippen LogP contribution >= 0.6 is 0 Å². The second-order valence-corrected chi connectivity index (χ2v) is 6.51. The Morgan fingerprint density at radius 3 is 2.71 bits per heavy atom. The van der Waals surface area contributed by atoms with Crippen molar-refractivity contribution < 1.29 is 4.79 Å². The smallest absolute Gasteiger partial charge is 0.220 e. The highest BCUT2D eigenvalue weighted by Gasteiger charge is 2.42. The first kappa shape index (κ1) is 16.3. The van der Waals surface area contributed by atoms with Gasteiger partial charge in [0.25, 0.3) is 0 Å². The van der Waals surface area contributed by atoms with Crippen LogP contribution in [0, 0.1) is 23.2 Å². The lowest BCUT2D eigenvalue weighted by Gasteiger charge is -2.34. The Labute approximate surface area is 127 Å². The molecular formula is C16H28N4O. The number of primary amides is 1. The third kappa shape index (κ3) is 3.75. The molecule has 1 amide bonds. The average Bonchev–Trinajstić information content (AvgIpc) is 2.89. The molecule has 2 unspecified atom stereocenters. The van der Waals surface area contributed by atoms with Crippen LogP contribution in [0.15, 0.2) is 0 Å². The van der Waals surface area contributed by atoms with E-state index in [1.165, 1.54) is 0 Å². The fourth-order valence-electron chi connectivity index (χ4n) is 3.98. The van der Waals surface area contributed by atoms with Gasteiger partial charge in [-0.15, -0.1) is 0 Å². The van der Waals surface area contributed by atoms with Crippen molar-refractivity contribution in [3.8, 4) is 6.07 Å². The monoisotopic (exact) mass is 292 g/mol. The molecule has 2 aliphatic rings. The molecule has 1 saturated heterocycles. The average molecular weight is 292 g/mol. The number of carbonyl (C=O) groups excluding carboxylic acids is 1. The summed E-state index contributed by atoms with van der Waals surface area (Å²) in [5.41, 5.74) is 5.07. The van der Waals surface area contributed by atoms with Crippen LogP contribution in [-0.2, 0) is 4.79 Å². The van der Waals surface area contributed by atoms with Gasteiger partial charge < -0.3 is 10.6 Å². The van der Waals surface area contributed by atoms with Crippen molar-refractivity contribution in [3.63, 3.8) is 0 Å². The zero-order chi connectivity index (χ0) is 15.3. The fourth-order valence-corrected chi connectivity index (χ4v) is 3.98. The quantitative estimate of drug-likeness (QED) is 0.772. The van der Waals surface area contributed by atoms with Gasteiger partial charge >= 0.3 is 0 Å². The summed E-state index contributed by atoms with van der Waals surface area (Å²) < 4.78 is 0. The number of likely N-dealkylation sites (tertiary alicyclic amines) is 1. The maximum Gasteiger partial charge on any atom is 0.220 e. The van der Waals surface area contributed by atoms with Crippen molar-refractivity contribution in [2.45, 2.75) is 51.0 Å². The molecule has 1 aliphatic heterocycles. The molecule has 2 rings (SSSR count). The molecule has 0 aromatic rings. The first-order chi connectivity index (χ1) is 10.1. The standard InChI is InChI=1S/C16H28N4O/c1-2-19-16(12-17)8-3-4-14(16)7-11-20-9-5-13(6-10-20)15(18)21/h13-14,19H,2-11H2,1H3,(H2,18,21). The van der Waals surface area contributed by atoms with Crippen LogP contribution in [0.3, 0.4) is 0 Å². The summed E-state index contributed by atoms with van der Waals surface area (Å²) in [4.78, 5) is 13.6. The van der Waals surface area contributed by atoms with Gasteiger partial charge in [0, 0.05) is 5.92 Å². The minimum Gasteiger partial charge on any atom is -0.369 e. The molecule has 0 aromatic carbocycles. The Balaban J connectivity index is 1.81. The minimum atomic E-state index is -0.305. The molecule has 1 heterocycles. The molecule has 5 heteroatoms. The number of nitriles is 1. The van der Waals surface area contributed by atoms with E-state index in [1.807, 2.05) is 0 Å². The summed E-state index contributed by atoms with van der Waals surface area (Å²) in [7, 11) is 0. The number of rotatable bonds is 6. The predicted molar refractivity (Wildman–Crippen MR) is 82.3 cm³/mol. The molecule has 3 N–H and O–H groups in total. The van der Waals surface area contributed by atoms with E-state index in [4.69, 9.17) is 5.73 Å². The van der Waals surface area contributed by atoms with Crippen molar-refractivity contribution in [2.75, 3.05) is 26.2 Å². The Morgan fingerprint density at radius 2 is 2.14 bits per heavy atom. The van der Waals surface area contributed by atoms with E-state index in [1.54, 1.807) is 0 Å². The minimum absolute atomic E-state index is 0.0627. The lowest BCUT2D eigenvalue weighted by molar-refractivity contribution is -0.123. The van der Waals surface area contributed by atoms with E-state index in [0.29, 0.717) is 5.92 Å². The summed E-state index contributed by atoms with van der Waals surface area (Å²) >= 11 is 0. The molecule has 5 nitrogen and oxygen atoms in total. The van der Waals surface area contributed by atoms with Crippen LogP contribution in [-0.4, -0.2) is 42.5 Å². The first-order valence-electron chi connectivity index (χ1n) is 8.29. The van der Waals surface area contributed by atoms with Crippen molar-refractivity contribution in [1.82, 2.24) is 10.2 Å². The highest BCUT2D eigenvalue weighted by Crippen LogP contribution is 2.37. The highest BCUT2D eigenvalue weighted by molar-refractivity contribution is 5.76. The second kappa shape index (κ2) is 7.24. The molecule has 1 saturated carbocycles. The third-order valence-corrected chi connectivity index (χ3v) is 5.30. The molecule has 1 aliphatic carbocycles. The molecule has 0 radical (unpaired) electrons. The van der Waals surface area contributed by atoms with Gasteiger partial charge in [0.1, 0.15) is 5.54 Å². The van der Waals surface area contributed by atoms with Crippen LogP contribution in [0.5, 0.6) is 0 Å². The van der Waals surface area contributed by atoms with Gasteiger partial charge in [-0.2, -0.15) is 5.26 Å². The molecule has 0 aromatic heterocycles. The lowest BCUT2D eigenvalue weighted by Crippen LogP contribution is -2.48. The number of carbonyl (C=O) groups is 1. The Morgan fingerprint density at radius 1 is 1.43 bits per heavy atom. The lowest BCUT2D eigenvalue weighted by atomic mass is 9.85. The maximum atomic E-state index is 11.2. The zero-order valence-electron chi connectivity index (χ0n) is 13.1. The predicted octanol–water partition coefficient (Wildman–Crippen LogP) is 1.25. The van der Waals surface area contributed by atoms with Gasteiger partial charge in [-0.05, 0) is 64.2 Å². The molecule has 0 spiro atoms. The third-order valence-electron chi connectivity index (χ3n) is 5.30. The van der Waals surface area contributed by atoms with E-state index >= 15 is 0 Å². The van der Waals surface area contributed by atoms with Crippen LogP contribution in [0.4, 0.5) is 0 Å². The molecule has 0 bridgehead atoms. The van der Waals surface area contributed by atoms with Gasteiger partial charge in [-0.25, -0.2) is 0 Å². The summed E-state index contributed by atoms with van der Waals surface area (Å²) in [6.07, 6.45) is 6.12. The number of hydrogen-bond donors (Lipinski definition) is 2. The van der Waals surface area contributed by atoms with Gasteiger partial charge in [0.15, 0.2) is 0 Å². The Bertz CT molecular complexity index is 398. The van der Waals surface area contributed by atoms with Crippen LogP contribution in [0.2, 0.25) is 0 Å². The first-order valence-corrected chi connectivity index (χ1v) is 8.29. The largest absolute Gasteiger partial charge is 0.369 e. The van der Waals surface area contributed by atoms with Crippen molar-refractivity contribution in [1.29, 1.82) is 5.26 Å². The molecule has 118 valence electrons. The fraction of sp³-hybridized carbons (Fsp3) is 0.875. The van der Waals surface area contributed by atoms with Crippen molar-refractivity contribution in [3.05, 3.63) is 0 Å². The van der Waals surface area contributed by atoms with Crippen molar-refractivity contribution in [2.24, 2.45) is 17.6 Å². The van der Waals surface area contributed by atoms with E-state index in [9.17, 15) is 10.1 Å². The summed E-state index contributed by atoms with van der Waals surface area (Å²) in [6, 6.07) is 2.55. The van der Waals surface area contributed by atoms with Gasteiger partial charge in [0.05, 0.1) is 6.07 Å². The normalized spacial score (nSPS) is 31.1. The number of hydrogen-bond acceptors (Lipinski definition) is 4. The van der Waals surface area contributed by atoms with Crippen molar-refractivity contribution >= 4 is 5.91 Å². The number of piperidine rings is 1. The van der Waals surface area contributed by atoms with Crippen LogP contribution in [0.1, 0.15) is 45.4 Å². The zero-order valence-corrected chi connectivity index (χ0v) is 13.1. The van der Waals surface area contributed by atoms with E-state index in [-0.39, 0.29) is 17.4 Å². The molecule has 2 fully saturated rings. The topological polar surface area (TPSA) is 82.2 Å². The maximum absolute atomic E-state index is 11.2. The summed E-state index contributed by atoms with van der Waals surface area (Å²) in [5, 5.41) is 13.0. The van der Waals surface area contributed by atoms with Gasteiger partial charge in [0.2, 0.25) is 5.91 Å². The van der Waals surface area contributed by atoms with Gasteiger partial charge in [-0.3, -0.25) is 10.1 Å². The number of nitrogens with one attached hydrogen (secondary N) is 1. The number of amides is 1. The van der Waals surface area contributed by atoms with E-state index in [0.717, 1.165) is 64.7 Å². The molecule has 21 heavy (non-hydrogen) atoms. The SMILES string of the molecule is CCNC1(C#N)CCCC1CCN1CCC(C(N)=O)CC1. The molecular weight excluding hydrogens is 264 g/mol. The Hall–Kier alpha value is -1.12. The van der Waals surface area contributed by atoms with Crippen LogP contribution < -0.4 is 11.1 Å². The van der Waals surface area contributed by atoms with Gasteiger partial charge in [-0.1, -0.05) is 13.3 Å². The van der Waals surface area contributed by atoms with Crippen LogP contribution in [0.25, 0.3) is 0 Å². The summed E-state index contributed by atoms with van der Waals surface area (Å²) in [5.74, 6) is 0.366. The highest BCUT2D eigenvalue weighted by atomic mass is 16.1. The summed E-state index contributed by atoms with van der Waals surface area (Å²) in [6.45, 7) is 5.88. The van der Waals surface area contributed by atoms with E-state index < -0.39 is 0 Å². The number of nitrogens with two attached hydrogens (primary N) is 1.